The predicted octanol–water partition coefficient (Wildman–Crippen LogP) is 3.86. The van der Waals surface area contributed by atoms with E-state index in [0.717, 1.165) is 49.0 Å². The summed E-state index contributed by atoms with van der Waals surface area (Å²) in [6, 6.07) is 2.43. The summed E-state index contributed by atoms with van der Waals surface area (Å²) in [5.74, 6) is 1.14. The quantitative estimate of drug-likeness (QED) is 0.480. The van der Waals surface area contributed by atoms with E-state index in [9.17, 15) is 4.79 Å². The molecule has 5 heteroatoms. The minimum atomic E-state index is -0.488. The van der Waals surface area contributed by atoms with Crippen LogP contribution in [0, 0.1) is 11.8 Å². The fourth-order valence-corrected chi connectivity index (χ4v) is 5.15. The third-order valence-corrected chi connectivity index (χ3v) is 6.84. The van der Waals surface area contributed by atoms with Gasteiger partial charge in [0.05, 0.1) is 5.56 Å². The lowest BCUT2D eigenvalue weighted by Crippen LogP contribution is -2.43. The van der Waals surface area contributed by atoms with Crippen molar-refractivity contribution in [2.75, 3.05) is 6.54 Å². The van der Waals surface area contributed by atoms with Crippen LogP contribution in [0.25, 0.3) is 0 Å². The molecule has 0 spiro atoms. The van der Waals surface area contributed by atoms with Gasteiger partial charge in [0.2, 0.25) is 0 Å². The van der Waals surface area contributed by atoms with Gasteiger partial charge in [-0.05, 0) is 68.9 Å². The lowest BCUT2D eigenvalue weighted by molar-refractivity contribution is 0.0705. The van der Waals surface area contributed by atoms with Gasteiger partial charge in [0, 0.05) is 37.4 Å². The number of rotatable bonds is 4. The molecule has 146 valence electrons. The average molecular weight is 370 g/mol. The fraction of sp³-hybridized carbons (Fsp3) is 0.636. The minimum absolute atomic E-state index is 0.431. The summed E-state index contributed by atoms with van der Waals surface area (Å²) in [5, 5.41) is 8.90. The van der Waals surface area contributed by atoms with Crippen LogP contribution < -0.4 is 5.48 Å². The highest BCUT2D eigenvalue weighted by atomic mass is 16.5. The molecule has 0 bridgehead atoms. The molecule has 4 rings (SSSR count). The van der Waals surface area contributed by atoms with Crippen LogP contribution in [0.4, 0.5) is 0 Å². The van der Waals surface area contributed by atoms with Crippen molar-refractivity contribution in [3.8, 4) is 0 Å². The highest BCUT2D eigenvalue weighted by Gasteiger charge is 2.36. The molecule has 1 aliphatic heterocycles. The lowest BCUT2D eigenvalue weighted by atomic mass is 9.89. The SMILES string of the molecule is CC[C@H]1Cc2ncc(C(=O)NO)cc2CN1CC1CCC/C(C)=C2/CC2C1. The Kier molecular flexibility index (Phi) is 5.33. The van der Waals surface area contributed by atoms with Crippen molar-refractivity contribution < 1.29 is 10.0 Å². The number of carbonyl (C=O) groups excluding carboxylic acids is 1. The van der Waals surface area contributed by atoms with E-state index >= 15 is 0 Å². The van der Waals surface area contributed by atoms with Crippen molar-refractivity contribution in [2.24, 2.45) is 11.8 Å². The zero-order chi connectivity index (χ0) is 19.0. The van der Waals surface area contributed by atoms with Gasteiger partial charge in [-0.2, -0.15) is 0 Å². The summed E-state index contributed by atoms with van der Waals surface area (Å²) < 4.78 is 0. The van der Waals surface area contributed by atoms with E-state index < -0.39 is 5.91 Å². The maximum atomic E-state index is 11.7. The van der Waals surface area contributed by atoms with Gasteiger partial charge in [-0.15, -0.1) is 0 Å². The molecule has 1 aromatic rings. The summed E-state index contributed by atoms with van der Waals surface area (Å²) in [6.45, 7) is 6.60. The standard InChI is InChI=1S/C22H31N3O2/c1-3-19-10-21-18(8-17(11-23-21)22(26)24-27)13-25(19)12-15-6-4-5-14(2)20-9-16(20)7-15/h8,11,15-16,19,27H,3-7,9-10,12-13H2,1-2H3,(H,24,26)/b20-14-/t15?,16?,19-/m0/s1. The number of aromatic nitrogens is 1. The Bertz CT molecular complexity index is 758. The van der Waals surface area contributed by atoms with Gasteiger partial charge in [-0.25, -0.2) is 5.48 Å². The van der Waals surface area contributed by atoms with Crippen LogP contribution in [-0.4, -0.2) is 33.6 Å². The first-order valence-corrected chi connectivity index (χ1v) is 10.4. The van der Waals surface area contributed by atoms with E-state index in [-0.39, 0.29) is 0 Å². The third-order valence-electron chi connectivity index (χ3n) is 6.84. The average Bonchev–Trinajstić information content (AvgIpc) is 3.43. The van der Waals surface area contributed by atoms with Crippen LogP contribution >= 0.6 is 0 Å². The Morgan fingerprint density at radius 3 is 3.04 bits per heavy atom. The van der Waals surface area contributed by atoms with Gasteiger partial charge in [0.15, 0.2) is 0 Å². The van der Waals surface area contributed by atoms with Crippen LogP contribution in [0.1, 0.15) is 74.0 Å². The Morgan fingerprint density at radius 1 is 1.41 bits per heavy atom. The van der Waals surface area contributed by atoms with Crippen molar-refractivity contribution >= 4 is 5.91 Å². The molecular weight excluding hydrogens is 338 g/mol. The monoisotopic (exact) mass is 369 g/mol. The summed E-state index contributed by atoms with van der Waals surface area (Å²) in [6.07, 6.45) is 10.3. The highest BCUT2D eigenvalue weighted by molar-refractivity contribution is 5.93. The van der Waals surface area contributed by atoms with Crippen LogP contribution in [0.15, 0.2) is 23.4 Å². The number of hydrogen-bond acceptors (Lipinski definition) is 4. The number of hydroxylamine groups is 1. The number of hydrogen-bond donors (Lipinski definition) is 2. The zero-order valence-electron chi connectivity index (χ0n) is 16.5. The molecule has 2 N–H and O–H groups in total. The fourth-order valence-electron chi connectivity index (χ4n) is 5.15. The molecule has 2 heterocycles. The number of carbonyl (C=O) groups is 1. The van der Waals surface area contributed by atoms with E-state index in [1.165, 1.54) is 32.1 Å². The van der Waals surface area contributed by atoms with E-state index in [4.69, 9.17) is 5.21 Å². The molecule has 1 fully saturated rings. The molecule has 1 saturated carbocycles. The van der Waals surface area contributed by atoms with Crippen LogP contribution in [0.5, 0.6) is 0 Å². The lowest BCUT2D eigenvalue weighted by Gasteiger charge is -2.38. The normalized spacial score (nSPS) is 30.7. The number of nitrogens with zero attached hydrogens (tertiary/aromatic N) is 2. The first kappa shape index (κ1) is 18.6. The Balaban J connectivity index is 1.48. The molecule has 27 heavy (non-hydrogen) atoms. The van der Waals surface area contributed by atoms with Gasteiger partial charge >= 0.3 is 0 Å². The number of pyridine rings is 1. The van der Waals surface area contributed by atoms with Gasteiger partial charge in [-0.1, -0.05) is 18.1 Å². The first-order valence-electron chi connectivity index (χ1n) is 10.4. The highest BCUT2D eigenvalue weighted by Crippen LogP contribution is 2.48. The predicted molar refractivity (Wildman–Crippen MR) is 104 cm³/mol. The van der Waals surface area contributed by atoms with Crippen molar-refractivity contribution in [3.63, 3.8) is 0 Å². The molecule has 0 radical (unpaired) electrons. The largest absolute Gasteiger partial charge is 0.295 e. The van der Waals surface area contributed by atoms with Crippen molar-refractivity contribution in [1.82, 2.24) is 15.4 Å². The van der Waals surface area contributed by atoms with E-state index in [1.54, 1.807) is 22.8 Å². The molecule has 0 aromatic carbocycles. The van der Waals surface area contributed by atoms with Gasteiger partial charge in [0.1, 0.15) is 0 Å². The van der Waals surface area contributed by atoms with Crippen LogP contribution in [0.2, 0.25) is 0 Å². The van der Waals surface area contributed by atoms with Gasteiger partial charge in [0.25, 0.3) is 5.91 Å². The summed E-state index contributed by atoms with van der Waals surface area (Å²) >= 11 is 0. The third kappa shape index (κ3) is 3.94. The van der Waals surface area contributed by atoms with Crippen molar-refractivity contribution in [1.29, 1.82) is 0 Å². The molecule has 2 unspecified atom stereocenters. The van der Waals surface area contributed by atoms with Gasteiger partial charge in [-0.3, -0.25) is 19.9 Å². The molecule has 5 nitrogen and oxygen atoms in total. The van der Waals surface area contributed by atoms with Crippen molar-refractivity contribution in [2.45, 2.75) is 71.4 Å². The van der Waals surface area contributed by atoms with E-state index in [1.807, 2.05) is 6.07 Å². The molecule has 3 atom stereocenters. The molecule has 1 aromatic heterocycles. The topological polar surface area (TPSA) is 65.5 Å². The molecule has 0 saturated heterocycles. The first-order chi connectivity index (χ1) is 13.1. The van der Waals surface area contributed by atoms with E-state index in [0.29, 0.717) is 11.6 Å². The maximum Gasteiger partial charge on any atom is 0.276 e. The maximum absolute atomic E-state index is 11.7. The molecule has 3 aliphatic rings. The number of nitrogens with one attached hydrogen (secondary N) is 1. The zero-order valence-corrected chi connectivity index (χ0v) is 16.5. The Hall–Kier alpha value is -1.72. The minimum Gasteiger partial charge on any atom is -0.295 e. The number of allylic oxidation sites excluding steroid dienone is 2. The second-order valence-electron chi connectivity index (χ2n) is 8.67. The van der Waals surface area contributed by atoms with Crippen LogP contribution in [-0.2, 0) is 13.0 Å². The summed E-state index contributed by atoms with van der Waals surface area (Å²) in [7, 11) is 0. The summed E-state index contributed by atoms with van der Waals surface area (Å²) in [4.78, 5) is 18.9. The molecular formula is C22H31N3O2. The van der Waals surface area contributed by atoms with Crippen LogP contribution in [0.3, 0.4) is 0 Å². The molecule has 1 amide bonds. The Labute approximate surface area is 161 Å². The second kappa shape index (κ2) is 7.72. The molecule has 2 aliphatic carbocycles. The number of fused-ring (bicyclic) bond motifs is 2. The van der Waals surface area contributed by atoms with Crippen molar-refractivity contribution in [3.05, 3.63) is 40.2 Å². The van der Waals surface area contributed by atoms with Gasteiger partial charge < -0.3 is 0 Å². The number of amides is 1. The summed E-state index contributed by atoms with van der Waals surface area (Å²) in [5.41, 5.74) is 7.80. The Morgan fingerprint density at radius 2 is 2.26 bits per heavy atom. The van der Waals surface area contributed by atoms with E-state index in [2.05, 4.69) is 23.7 Å². The second-order valence-corrected chi connectivity index (χ2v) is 8.67. The smallest absolute Gasteiger partial charge is 0.276 e.